The van der Waals surface area contributed by atoms with Crippen LogP contribution in [-0.4, -0.2) is 46.1 Å². The Morgan fingerprint density at radius 3 is 2.79 bits per heavy atom. The summed E-state index contributed by atoms with van der Waals surface area (Å²) in [5.41, 5.74) is 0. The zero-order chi connectivity index (χ0) is 10.7. The fourth-order valence-corrected chi connectivity index (χ4v) is 1.71. The molecular weight excluding hydrogens is 204 g/mol. The van der Waals surface area contributed by atoms with Crippen LogP contribution in [0.5, 0.6) is 0 Å². The number of carbonyl (C=O) groups excluding carboxylic acids is 2. The summed E-state index contributed by atoms with van der Waals surface area (Å²) in [7, 11) is -0.909. The summed E-state index contributed by atoms with van der Waals surface area (Å²) in [5, 5.41) is 2.25. The van der Waals surface area contributed by atoms with Crippen molar-refractivity contribution in [1.29, 1.82) is 0 Å². The fourth-order valence-electron chi connectivity index (χ4n) is 1.24. The standard InChI is InChI=1S/C8H14N2O3S/c1-6-5-10(3-4-14(2)13)8(12)9-7(6)11/h6H,3-5H2,1-2H3,(H,9,11,12). The van der Waals surface area contributed by atoms with E-state index in [0.29, 0.717) is 18.8 Å². The molecule has 0 bridgehead atoms. The molecule has 0 radical (unpaired) electrons. The molecule has 1 heterocycles. The van der Waals surface area contributed by atoms with Gasteiger partial charge in [0.1, 0.15) is 0 Å². The lowest BCUT2D eigenvalue weighted by Gasteiger charge is -2.29. The van der Waals surface area contributed by atoms with E-state index in [0.717, 1.165) is 0 Å². The number of hydrogen-bond acceptors (Lipinski definition) is 3. The smallest absolute Gasteiger partial charge is 0.323 e. The zero-order valence-electron chi connectivity index (χ0n) is 8.28. The summed E-state index contributed by atoms with van der Waals surface area (Å²) >= 11 is 0. The molecule has 2 atom stereocenters. The van der Waals surface area contributed by atoms with E-state index >= 15 is 0 Å². The van der Waals surface area contributed by atoms with Gasteiger partial charge in [-0.05, 0) is 0 Å². The highest BCUT2D eigenvalue weighted by Gasteiger charge is 2.28. The maximum absolute atomic E-state index is 11.3. The minimum absolute atomic E-state index is 0.182. The Labute approximate surface area is 85.3 Å². The van der Waals surface area contributed by atoms with Crippen molar-refractivity contribution in [3.05, 3.63) is 0 Å². The summed E-state index contributed by atoms with van der Waals surface area (Å²) in [6, 6.07) is -0.376. The Hall–Kier alpha value is -0.910. The molecule has 1 aliphatic heterocycles. The van der Waals surface area contributed by atoms with E-state index in [-0.39, 0.29) is 17.9 Å². The molecular formula is C8H14N2O3S. The van der Waals surface area contributed by atoms with Crippen LogP contribution < -0.4 is 5.32 Å². The molecule has 3 amide bonds. The van der Waals surface area contributed by atoms with Gasteiger partial charge in [0.05, 0.1) is 5.92 Å². The summed E-state index contributed by atoms with van der Waals surface area (Å²) in [5.74, 6) is 0.0378. The van der Waals surface area contributed by atoms with Crippen LogP contribution in [0.1, 0.15) is 6.92 Å². The van der Waals surface area contributed by atoms with Crippen molar-refractivity contribution < 1.29 is 13.8 Å². The van der Waals surface area contributed by atoms with Gasteiger partial charge in [0, 0.05) is 35.9 Å². The molecule has 0 aromatic heterocycles. The third-order valence-corrected chi connectivity index (χ3v) is 2.87. The van der Waals surface area contributed by atoms with E-state index in [1.165, 1.54) is 4.90 Å². The average molecular weight is 218 g/mol. The quantitative estimate of drug-likeness (QED) is 0.698. The van der Waals surface area contributed by atoms with Gasteiger partial charge in [-0.2, -0.15) is 0 Å². The molecule has 0 saturated carbocycles. The topological polar surface area (TPSA) is 66.5 Å². The lowest BCUT2D eigenvalue weighted by molar-refractivity contribution is -0.125. The van der Waals surface area contributed by atoms with Crippen LogP contribution in [0.2, 0.25) is 0 Å². The number of nitrogens with zero attached hydrogens (tertiary/aromatic N) is 1. The van der Waals surface area contributed by atoms with E-state index in [4.69, 9.17) is 0 Å². The maximum Gasteiger partial charge on any atom is 0.324 e. The third kappa shape index (κ3) is 2.80. The average Bonchev–Trinajstić information content (AvgIpc) is 2.09. The highest BCUT2D eigenvalue weighted by molar-refractivity contribution is 7.84. The van der Waals surface area contributed by atoms with Crippen LogP contribution in [0, 0.1) is 5.92 Å². The first kappa shape index (κ1) is 11.2. The van der Waals surface area contributed by atoms with Crippen LogP contribution in [0.25, 0.3) is 0 Å². The Morgan fingerprint density at radius 1 is 1.57 bits per heavy atom. The number of urea groups is 1. The van der Waals surface area contributed by atoms with E-state index in [1.54, 1.807) is 13.2 Å². The molecule has 80 valence electrons. The molecule has 0 aromatic carbocycles. The second kappa shape index (κ2) is 4.54. The third-order valence-electron chi connectivity index (χ3n) is 2.11. The number of amides is 3. The van der Waals surface area contributed by atoms with Crippen molar-refractivity contribution in [1.82, 2.24) is 10.2 Å². The zero-order valence-corrected chi connectivity index (χ0v) is 9.10. The Morgan fingerprint density at radius 2 is 2.21 bits per heavy atom. The van der Waals surface area contributed by atoms with E-state index in [1.807, 2.05) is 0 Å². The van der Waals surface area contributed by atoms with Crippen molar-refractivity contribution in [3.8, 4) is 0 Å². The first-order valence-corrected chi connectivity index (χ1v) is 6.13. The molecule has 1 fully saturated rings. The van der Waals surface area contributed by atoms with Crippen LogP contribution >= 0.6 is 0 Å². The minimum Gasteiger partial charge on any atom is -0.323 e. The number of imide groups is 1. The Bertz CT molecular complexity index is 280. The molecule has 1 saturated heterocycles. The van der Waals surface area contributed by atoms with Crippen molar-refractivity contribution in [3.63, 3.8) is 0 Å². The summed E-state index contributed by atoms with van der Waals surface area (Å²) < 4.78 is 10.8. The molecule has 14 heavy (non-hydrogen) atoms. The van der Waals surface area contributed by atoms with Gasteiger partial charge in [0.15, 0.2) is 0 Å². The second-order valence-electron chi connectivity index (χ2n) is 3.42. The first-order valence-electron chi connectivity index (χ1n) is 4.40. The molecule has 5 nitrogen and oxygen atoms in total. The first-order chi connectivity index (χ1) is 6.50. The lowest BCUT2D eigenvalue weighted by atomic mass is 10.1. The molecule has 0 aliphatic carbocycles. The summed E-state index contributed by atoms with van der Waals surface area (Å²) in [6.07, 6.45) is 1.59. The predicted molar refractivity (Wildman–Crippen MR) is 53.2 cm³/mol. The number of carbonyl (C=O) groups is 2. The predicted octanol–water partition coefficient (Wildman–Crippen LogP) is -0.447. The van der Waals surface area contributed by atoms with Gasteiger partial charge in [0.2, 0.25) is 5.91 Å². The fraction of sp³-hybridized carbons (Fsp3) is 0.750. The molecule has 0 aromatic rings. The van der Waals surface area contributed by atoms with E-state index in [2.05, 4.69) is 5.32 Å². The molecule has 6 heteroatoms. The van der Waals surface area contributed by atoms with Gasteiger partial charge < -0.3 is 4.90 Å². The van der Waals surface area contributed by atoms with E-state index < -0.39 is 10.8 Å². The normalized spacial score (nSPS) is 24.7. The summed E-state index contributed by atoms with van der Waals surface area (Å²) in [6.45, 7) is 2.62. The largest absolute Gasteiger partial charge is 0.324 e. The Kier molecular flexibility index (Phi) is 3.62. The molecule has 1 N–H and O–H groups in total. The molecule has 1 rings (SSSR count). The van der Waals surface area contributed by atoms with Gasteiger partial charge in [-0.1, -0.05) is 6.92 Å². The minimum atomic E-state index is -0.909. The number of nitrogens with one attached hydrogen (secondary N) is 1. The second-order valence-corrected chi connectivity index (χ2v) is 4.97. The summed E-state index contributed by atoms with van der Waals surface area (Å²) in [4.78, 5) is 23.8. The maximum atomic E-state index is 11.3. The van der Waals surface area contributed by atoms with Gasteiger partial charge in [-0.25, -0.2) is 4.79 Å². The van der Waals surface area contributed by atoms with Gasteiger partial charge >= 0.3 is 6.03 Å². The highest BCUT2D eigenvalue weighted by atomic mass is 32.2. The van der Waals surface area contributed by atoms with Crippen molar-refractivity contribution in [2.75, 3.05) is 25.1 Å². The molecule has 0 spiro atoms. The SMILES string of the molecule is CC1CN(CCS(C)=O)C(=O)NC1=O. The molecule has 1 aliphatic rings. The van der Waals surface area contributed by atoms with Crippen molar-refractivity contribution >= 4 is 22.7 Å². The highest BCUT2D eigenvalue weighted by Crippen LogP contribution is 2.06. The van der Waals surface area contributed by atoms with Gasteiger partial charge in [-0.15, -0.1) is 0 Å². The van der Waals surface area contributed by atoms with Crippen LogP contribution in [0.15, 0.2) is 0 Å². The Balaban J connectivity index is 2.49. The number of hydrogen-bond donors (Lipinski definition) is 1. The van der Waals surface area contributed by atoms with Crippen LogP contribution in [0.3, 0.4) is 0 Å². The molecule has 2 unspecified atom stereocenters. The van der Waals surface area contributed by atoms with Gasteiger partial charge in [-0.3, -0.25) is 14.3 Å². The van der Waals surface area contributed by atoms with Crippen LogP contribution in [0.4, 0.5) is 4.79 Å². The number of rotatable bonds is 3. The van der Waals surface area contributed by atoms with Crippen LogP contribution in [-0.2, 0) is 15.6 Å². The van der Waals surface area contributed by atoms with Crippen molar-refractivity contribution in [2.45, 2.75) is 6.92 Å². The monoisotopic (exact) mass is 218 g/mol. The van der Waals surface area contributed by atoms with Crippen molar-refractivity contribution in [2.24, 2.45) is 5.92 Å². The lowest BCUT2D eigenvalue weighted by Crippen LogP contribution is -2.54. The van der Waals surface area contributed by atoms with E-state index in [9.17, 15) is 13.8 Å². The van der Waals surface area contributed by atoms with Gasteiger partial charge in [0.25, 0.3) is 0 Å².